The quantitative estimate of drug-likeness (QED) is 0.707. The molecule has 1 heterocycles. The zero-order chi connectivity index (χ0) is 18.2. The fourth-order valence-corrected chi connectivity index (χ4v) is 2.49. The number of hydrogen-bond donors (Lipinski definition) is 1. The van der Waals surface area contributed by atoms with Gasteiger partial charge < -0.3 is 14.8 Å². The number of benzene rings is 1. The smallest absolute Gasteiger partial charge is 0.222 e. The largest absolute Gasteiger partial charge is 0.382 e. The molecule has 0 radical (unpaired) electrons. The molecule has 25 heavy (non-hydrogen) atoms. The third kappa shape index (κ3) is 5.37. The highest BCUT2D eigenvalue weighted by molar-refractivity contribution is 5.76. The summed E-state index contributed by atoms with van der Waals surface area (Å²) in [5.74, 6) is -0.374. The average Bonchev–Trinajstić information content (AvgIpc) is 2.97. The Morgan fingerprint density at radius 1 is 1.28 bits per heavy atom. The summed E-state index contributed by atoms with van der Waals surface area (Å²) in [5.41, 5.74) is 2.59. The molecule has 6 nitrogen and oxygen atoms in total. The lowest BCUT2D eigenvalue weighted by molar-refractivity contribution is -0.122. The summed E-state index contributed by atoms with van der Waals surface area (Å²) in [4.78, 5) is 12.0. The molecule has 2 rings (SSSR count). The normalized spacial score (nSPS) is 12.2. The summed E-state index contributed by atoms with van der Waals surface area (Å²) in [6, 6.07) is 5.94. The van der Waals surface area contributed by atoms with Crippen LogP contribution in [-0.4, -0.2) is 42.6 Å². The molecule has 0 saturated heterocycles. The summed E-state index contributed by atoms with van der Waals surface area (Å²) in [7, 11) is 1.60. The van der Waals surface area contributed by atoms with Gasteiger partial charge in [-0.05, 0) is 38.1 Å². The Labute approximate surface area is 146 Å². The highest BCUT2D eigenvalue weighted by atomic mass is 19.1. The van der Waals surface area contributed by atoms with Gasteiger partial charge in [-0.15, -0.1) is 0 Å². The molecular formula is C18H24FN3O3. The van der Waals surface area contributed by atoms with Crippen molar-refractivity contribution in [2.24, 2.45) is 0 Å². The highest BCUT2D eigenvalue weighted by Crippen LogP contribution is 2.20. The number of ether oxygens (including phenoxy) is 2. The third-order valence-corrected chi connectivity index (χ3v) is 3.87. The van der Waals surface area contributed by atoms with Gasteiger partial charge >= 0.3 is 0 Å². The third-order valence-electron chi connectivity index (χ3n) is 3.87. The predicted octanol–water partition coefficient (Wildman–Crippen LogP) is 2.55. The Morgan fingerprint density at radius 2 is 2.00 bits per heavy atom. The Balaban J connectivity index is 1.92. The fourth-order valence-electron chi connectivity index (χ4n) is 2.49. The molecule has 0 spiro atoms. The second-order valence-electron chi connectivity index (χ2n) is 5.72. The maximum absolute atomic E-state index is 13.1. The molecule has 1 unspecified atom stereocenters. The molecule has 7 heteroatoms. The Kier molecular flexibility index (Phi) is 7.09. The van der Waals surface area contributed by atoms with Crippen molar-refractivity contribution in [2.45, 2.75) is 26.3 Å². The van der Waals surface area contributed by atoms with Crippen LogP contribution in [0, 0.1) is 12.7 Å². The molecule has 0 aliphatic rings. The van der Waals surface area contributed by atoms with E-state index in [0.29, 0.717) is 26.2 Å². The van der Waals surface area contributed by atoms with Crippen LogP contribution >= 0.6 is 0 Å². The molecule has 0 aliphatic carbocycles. The van der Waals surface area contributed by atoms with Gasteiger partial charge in [0, 0.05) is 24.8 Å². The monoisotopic (exact) mass is 349 g/mol. The summed E-state index contributed by atoms with van der Waals surface area (Å²) < 4.78 is 25.0. The first-order valence-corrected chi connectivity index (χ1v) is 8.19. The lowest BCUT2D eigenvalue weighted by atomic mass is 10.1. The lowest BCUT2D eigenvalue weighted by Crippen LogP contribution is -2.28. The van der Waals surface area contributed by atoms with Crippen LogP contribution in [0.2, 0.25) is 0 Å². The Morgan fingerprint density at radius 3 is 2.68 bits per heavy atom. The van der Waals surface area contributed by atoms with Gasteiger partial charge in [-0.2, -0.15) is 5.10 Å². The van der Waals surface area contributed by atoms with Crippen LogP contribution in [0.25, 0.3) is 5.69 Å². The van der Waals surface area contributed by atoms with Crippen molar-refractivity contribution in [3.05, 3.63) is 47.5 Å². The van der Waals surface area contributed by atoms with E-state index in [1.54, 1.807) is 30.1 Å². The maximum Gasteiger partial charge on any atom is 0.222 e. The minimum atomic E-state index is -0.290. The first-order chi connectivity index (χ1) is 12.0. The summed E-state index contributed by atoms with van der Waals surface area (Å²) in [5, 5.41) is 7.28. The molecule has 0 fully saturated rings. The van der Waals surface area contributed by atoms with Gasteiger partial charge in [0.2, 0.25) is 5.91 Å². The van der Waals surface area contributed by atoms with Gasteiger partial charge in [-0.25, -0.2) is 9.07 Å². The number of nitrogens with zero attached hydrogens (tertiary/aromatic N) is 2. The Hall–Kier alpha value is -2.25. The van der Waals surface area contributed by atoms with Gasteiger partial charge in [0.1, 0.15) is 5.82 Å². The number of methoxy groups -OCH3 is 1. The van der Waals surface area contributed by atoms with Crippen LogP contribution in [0.5, 0.6) is 0 Å². The van der Waals surface area contributed by atoms with Crippen LogP contribution in [0.1, 0.15) is 30.6 Å². The first kappa shape index (κ1) is 19.1. The van der Waals surface area contributed by atoms with Crippen LogP contribution in [-0.2, 0) is 14.3 Å². The number of carbonyl (C=O) groups is 1. The van der Waals surface area contributed by atoms with Crippen molar-refractivity contribution >= 4 is 5.91 Å². The van der Waals surface area contributed by atoms with Gasteiger partial charge in [0.15, 0.2) is 0 Å². The molecule has 0 bridgehead atoms. The molecule has 136 valence electrons. The lowest BCUT2D eigenvalue weighted by Gasteiger charge is -2.14. The van der Waals surface area contributed by atoms with E-state index in [0.717, 1.165) is 16.9 Å². The van der Waals surface area contributed by atoms with Crippen molar-refractivity contribution in [1.29, 1.82) is 0 Å². The average molecular weight is 349 g/mol. The number of rotatable bonds is 9. The molecule has 1 N–H and O–H groups in total. The number of carbonyl (C=O) groups excluding carboxylic acids is 1. The number of hydrogen-bond acceptors (Lipinski definition) is 4. The number of halogens is 1. The van der Waals surface area contributed by atoms with E-state index in [-0.39, 0.29) is 17.8 Å². The van der Waals surface area contributed by atoms with Gasteiger partial charge in [-0.1, -0.05) is 0 Å². The molecule has 1 aromatic carbocycles. The predicted molar refractivity (Wildman–Crippen MR) is 92.1 cm³/mol. The van der Waals surface area contributed by atoms with Gasteiger partial charge in [0.05, 0.1) is 37.7 Å². The number of nitrogens with one attached hydrogen (secondary N) is 1. The topological polar surface area (TPSA) is 65.4 Å². The highest BCUT2D eigenvalue weighted by Gasteiger charge is 2.16. The van der Waals surface area contributed by atoms with Gasteiger partial charge in [0.25, 0.3) is 0 Å². The Bertz CT molecular complexity index is 685. The molecule has 0 saturated carbocycles. The van der Waals surface area contributed by atoms with E-state index < -0.39 is 0 Å². The van der Waals surface area contributed by atoms with Crippen molar-refractivity contribution in [2.75, 3.05) is 26.9 Å². The molecule has 0 aliphatic heterocycles. The summed E-state index contributed by atoms with van der Waals surface area (Å²) in [6.07, 6.45) is 2.01. The fraction of sp³-hybridized carbons (Fsp3) is 0.444. The number of amides is 1. The van der Waals surface area contributed by atoms with Crippen LogP contribution in [0.3, 0.4) is 0 Å². The van der Waals surface area contributed by atoms with E-state index >= 15 is 0 Å². The van der Waals surface area contributed by atoms with Crippen molar-refractivity contribution < 1.29 is 18.7 Å². The van der Waals surface area contributed by atoms with E-state index in [1.165, 1.54) is 12.1 Å². The molecule has 1 amide bonds. The van der Waals surface area contributed by atoms with Crippen molar-refractivity contribution in [3.8, 4) is 5.69 Å². The van der Waals surface area contributed by atoms with E-state index in [4.69, 9.17) is 9.47 Å². The van der Waals surface area contributed by atoms with Crippen LogP contribution in [0.4, 0.5) is 4.39 Å². The molecule has 1 aromatic heterocycles. The second-order valence-corrected chi connectivity index (χ2v) is 5.72. The van der Waals surface area contributed by atoms with Crippen molar-refractivity contribution in [3.63, 3.8) is 0 Å². The molecule has 1 atom stereocenters. The van der Waals surface area contributed by atoms with E-state index in [9.17, 15) is 9.18 Å². The summed E-state index contributed by atoms with van der Waals surface area (Å²) in [6.45, 7) is 5.17. The summed E-state index contributed by atoms with van der Waals surface area (Å²) >= 11 is 0. The standard InChI is InChI=1S/C18H24FN3O3/c1-13(21-18(23)8-9-25-11-10-24-3)17-12-20-22(14(17)2)16-6-4-15(19)5-7-16/h4-7,12-13H,8-11H2,1-3H3,(H,21,23). The maximum atomic E-state index is 13.1. The zero-order valence-corrected chi connectivity index (χ0v) is 14.8. The minimum Gasteiger partial charge on any atom is -0.382 e. The van der Waals surface area contributed by atoms with Crippen LogP contribution < -0.4 is 5.32 Å². The number of aromatic nitrogens is 2. The van der Waals surface area contributed by atoms with E-state index in [2.05, 4.69) is 10.4 Å². The first-order valence-electron chi connectivity index (χ1n) is 8.19. The van der Waals surface area contributed by atoms with Gasteiger partial charge in [-0.3, -0.25) is 4.79 Å². The van der Waals surface area contributed by atoms with Crippen LogP contribution in [0.15, 0.2) is 30.5 Å². The van der Waals surface area contributed by atoms with Crippen molar-refractivity contribution in [1.82, 2.24) is 15.1 Å². The van der Waals surface area contributed by atoms with E-state index in [1.807, 2.05) is 13.8 Å². The molecule has 2 aromatic rings. The SMILES string of the molecule is COCCOCCC(=O)NC(C)c1cnn(-c2ccc(F)cc2)c1C. The second kappa shape index (κ2) is 9.29. The minimum absolute atomic E-state index is 0.0844. The molecular weight excluding hydrogens is 325 g/mol. The zero-order valence-electron chi connectivity index (χ0n) is 14.8.